The molecule has 3 nitrogen and oxygen atoms in total. The van der Waals surface area contributed by atoms with E-state index < -0.39 is 34.0 Å². The molecule has 0 fully saturated rings. The molecular formula is C24H33F3N2OS. The average molecular weight is 455 g/mol. The summed E-state index contributed by atoms with van der Waals surface area (Å²) in [7, 11) is -1.84. The van der Waals surface area contributed by atoms with Crippen LogP contribution in [0.25, 0.3) is 0 Å². The topological polar surface area (TPSA) is 32.3 Å². The summed E-state index contributed by atoms with van der Waals surface area (Å²) >= 11 is 0. The molecule has 1 N–H and O–H groups in total. The summed E-state index contributed by atoms with van der Waals surface area (Å²) in [6, 6.07) is 16.2. The molecule has 2 rings (SSSR count). The Balaban J connectivity index is 2.44. The van der Waals surface area contributed by atoms with E-state index in [0.29, 0.717) is 25.9 Å². The van der Waals surface area contributed by atoms with Gasteiger partial charge in [-0.3, -0.25) is 4.90 Å². The minimum Gasteiger partial charge on any atom is -0.290 e. The Morgan fingerprint density at radius 1 is 0.903 bits per heavy atom. The molecule has 0 aliphatic rings. The van der Waals surface area contributed by atoms with Crippen LogP contribution in [0.3, 0.4) is 0 Å². The first-order valence-corrected chi connectivity index (χ1v) is 11.7. The highest BCUT2D eigenvalue weighted by molar-refractivity contribution is 7.84. The normalized spacial score (nSPS) is 15.6. The molecule has 0 aliphatic carbocycles. The van der Waals surface area contributed by atoms with Crippen molar-refractivity contribution in [2.45, 2.75) is 76.6 Å². The van der Waals surface area contributed by atoms with E-state index in [2.05, 4.69) is 4.72 Å². The van der Waals surface area contributed by atoms with E-state index in [-0.39, 0.29) is 0 Å². The monoisotopic (exact) mass is 454 g/mol. The second-order valence-electron chi connectivity index (χ2n) is 8.75. The first kappa shape index (κ1) is 25.6. The number of hydrogen-bond acceptors (Lipinski definition) is 2. The fraction of sp³-hybridized carbons (Fsp3) is 0.500. The first-order valence-electron chi connectivity index (χ1n) is 10.6. The Morgan fingerprint density at radius 3 is 1.71 bits per heavy atom. The molecule has 0 bridgehead atoms. The minimum absolute atomic E-state index is 0.332. The zero-order valence-electron chi connectivity index (χ0n) is 18.7. The molecule has 0 saturated heterocycles. The van der Waals surface area contributed by atoms with Crippen LogP contribution >= 0.6 is 0 Å². The zero-order chi connectivity index (χ0) is 23.1. The Labute approximate surface area is 186 Å². The lowest BCUT2D eigenvalue weighted by Crippen LogP contribution is -2.58. The third kappa shape index (κ3) is 8.05. The second kappa shape index (κ2) is 11.2. The van der Waals surface area contributed by atoms with E-state index in [1.165, 1.54) is 0 Å². The molecule has 2 aromatic rings. The van der Waals surface area contributed by atoms with Crippen LogP contribution in [-0.4, -0.2) is 32.1 Å². The van der Waals surface area contributed by atoms with Crippen molar-refractivity contribution in [1.82, 2.24) is 9.62 Å². The van der Waals surface area contributed by atoms with Gasteiger partial charge in [0.2, 0.25) is 0 Å². The van der Waals surface area contributed by atoms with Gasteiger partial charge in [-0.05, 0) is 38.3 Å². The van der Waals surface area contributed by atoms with Crippen LogP contribution in [0, 0.1) is 0 Å². The third-order valence-corrected chi connectivity index (χ3v) is 6.62. The van der Waals surface area contributed by atoms with E-state index in [0.717, 1.165) is 11.1 Å². The van der Waals surface area contributed by atoms with Crippen LogP contribution in [0.2, 0.25) is 0 Å². The van der Waals surface area contributed by atoms with Crippen LogP contribution < -0.4 is 4.72 Å². The molecule has 31 heavy (non-hydrogen) atoms. The Kier molecular flexibility index (Phi) is 9.28. The minimum atomic E-state index is -4.54. The van der Waals surface area contributed by atoms with Gasteiger partial charge in [0.1, 0.15) is 6.04 Å². The highest BCUT2D eigenvalue weighted by Crippen LogP contribution is 2.30. The van der Waals surface area contributed by atoms with Crippen molar-refractivity contribution in [3.05, 3.63) is 71.8 Å². The van der Waals surface area contributed by atoms with Crippen molar-refractivity contribution in [3.8, 4) is 0 Å². The number of alkyl halides is 3. The zero-order valence-corrected chi connectivity index (χ0v) is 19.5. The van der Waals surface area contributed by atoms with Crippen molar-refractivity contribution in [2.75, 3.05) is 0 Å². The van der Waals surface area contributed by atoms with Crippen LogP contribution in [0.5, 0.6) is 0 Å². The fourth-order valence-corrected chi connectivity index (χ4v) is 4.31. The fourth-order valence-electron chi connectivity index (χ4n) is 3.44. The van der Waals surface area contributed by atoms with Crippen LogP contribution in [0.1, 0.15) is 51.7 Å². The maximum Gasteiger partial charge on any atom is 0.406 e. The van der Waals surface area contributed by atoms with Gasteiger partial charge in [0, 0.05) is 19.1 Å². The van der Waals surface area contributed by atoms with Gasteiger partial charge in [-0.15, -0.1) is 0 Å². The predicted octanol–water partition coefficient (Wildman–Crippen LogP) is 5.84. The lowest BCUT2D eigenvalue weighted by molar-refractivity contribution is -0.168. The van der Waals surface area contributed by atoms with Gasteiger partial charge in [0.25, 0.3) is 0 Å². The van der Waals surface area contributed by atoms with E-state index in [9.17, 15) is 17.4 Å². The molecule has 0 heterocycles. The SMILES string of the molecule is CCC[C@@H]([C@H](N[S@](=O)C(C)(C)C)C(F)(F)F)N(Cc1ccccc1)Cc1ccccc1. The Hall–Kier alpha value is -1.70. The molecule has 0 amide bonds. The van der Waals surface area contributed by atoms with Crippen LogP contribution in [-0.2, 0) is 24.1 Å². The molecular weight excluding hydrogens is 421 g/mol. The molecule has 0 unspecified atom stereocenters. The summed E-state index contributed by atoms with van der Waals surface area (Å²) in [5.41, 5.74) is 1.88. The van der Waals surface area contributed by atoms with Gasteiger partial charge >= 0.3 is 6.18 Å². The molecule has 0 saturated carbocycles. The molecule has 0 aliphatic heterocycles. The quantitative estimate of drug-likeness (QED) is 0.489. The Bertz CT molecular complexity index is 766. The summed E-state index contributed by atoms with van der Waals surface area (Å²) in [6.07, 6.45) is -3.62. The molecule has 3 atom stereocenters. The Morgan fingerprint density at radius 2 is 1.35 bits per heavy atom. The predicted molar refractivity (Wildman–Crippen MR) is 122 cm³/mol. The number of nitrogens with one attached hydrogen (secondary N) is 1. The summed E-state index contributed by atoms with van der Waals surface area (Å²) in [4.78, 5) is 1.86. The molecule has 0 spiro atoms. The number of nitrogens with zero attached hydrogens (tertiary/aromatic N) is 1. The summed E-state index contributed by atoms with van der Waals surface area (Å²) < 4.78 is 57.1. The number of benzene rings is 2. The number of hydrogen-bond donors (Lipinski definition) is 1. The van der Waals surface area contributed by atoms with Crippen LogP contribution in [0.4, 0.5) is 13.2 Å². The molecule has 7 heteroatoms. The van der Waals surface area contributed by atoms with Crippen molar-refractivity contribution >= 4 is 11.0 Å². The largest absolute Gasteiger partial charge is 0.406 e. The van der Waals surface area contributed by atoms with Gasteiger partial charge in [0.05, 0.1) is 15.7 Å². The van der Waals surface area contributed by atoms with E-state index >= 15 is 0 Å². The molecule has 172 valence electrons. The van der Waals surface area contributed by atoms with Gasteiger partial charge in [-0.2, -0.15) is 13.2 Å². The average Bonchev–Trinajstić information content (AvgIpc) is 2.70. The first-order chi connectivity index (χ1) is 14.5. The van der Waals surface area contributed by atoms with Crippen molar-refractivity contribution < 1.29 is 17.4 Å². The second-order valence-corrected chi connectivity index (χ2v) is 10.7. The van der Waals surface area contributed by atoms with Gasteiger partial charge in [-0.25, -0.2) is 8.93 Å². The van der Waals surface area contributed by atoms with E-state index in [1.54, 1.807) is 20.8 Å². The lowest BCUT2D eigenvalue weighted by Gasteiger charge is -2.39. The maximum absolute atomic E-state index is 14.3. The number of halogens is 3. The van der Waals surface area contributed by atoms with Gasteiger partial charge in [-0.1, -0.05) is 74.0 Å². The van der Waals surface area contributed by atoms with E-state index in [1.807, 2.05) is 72.5 Å². The number of rotatable bonds is 10. The molecule has 0 radical (unpaired) electrons. The summed E-state index contributed by atoms with van der Waals surface area (Å²) in [5, 5.41) is 0. The van der Waals surface area contributed by atoms with E-state index in [4.69, 9.17) is 0 Å². The van der Waals surface area contributed by atoms with Crippen molar-refractivity contribution in [2.24, 2.45) is 0 Å². The van der Waals surface area contributed by atoms with Crippen molar-refractivity contribution in [1.29, 1.82) is 0 Å². The summed E-state index contributed by atoms with van der Waals surface area (Å²) in [5.74, 6) is 0. The van der Waals surface area contributed by atoms with Gasteiger partial charge in [0.15, 0.2) is 0 Å². The standard InChI is InChI=1S/C24H33F3N2OS/c1-5-12-21(22(24(25,26)27)28-31(30)23(2,3)4)29(17-19-13-8-6-9-14-19)18-20-15-10-7-11-16-20/h6-11,13-16,21-22,28H,5,12,17-18H2,1-4H3/t21-,22-,31+/m0/s1. The maximum atomic E-state index is 14.3. The molecule has 0 aromatic heterocycles. The highest BCUT2D eigenvalue weighted by Gasteiger charge is 2.48. The third-order valence-electron chi connectivity index (χ3n) is 5.04. The molecule has 2 aromatic carbocycles. The van der Waals surface area contributed by atoms with Crippen molar-refractivity contribution in [3.63, 3.8) is 0 Å². The highest BCUT2D eigenvalue weighted by atomic mass is 32.2. The lowest BCUT2D eigenvalue weighted by atomic mass is 9.99. The van der Waals surface area contributed by atoms with Crippen LogP contribution in [0.15, 0.2) is 60.7 Å². The summed E-state index contributed by atoms with van der Waals surface area (Å²) in [6.45, 7) is 7.64. The van der Waals surface area contributed by atoms with Gasteiger partial charge < -0.3 is 0 Å². The smallest absolute Gasteiger partial charge is 0.290 e.